The predicted molar refractivity (Wildman–Crippen MR) is 116 cm³/mol. The molecule has 0 aliphatic carbocycles. The Labute approximate surface area is 184 Å². The van der Waals surface area contributed by atoms with Crippen molar-refractivity contribution in [2.24, 2.45) is 0 Å². The molecular formula is C21H16FN3O4S2. The van der Waals surface area contributed by atoms with E-state index >= 15 is 0 Å². The van der Waals surface area contributed by atoms with Crippen molar-refractivity contribution in [3.63, 3.8) is 0 Å². The normalized spacial score (nSPS) is 12.7. The van der Waals surface area contributed by atoms with Gasteiger partial charge in [-0.1, -0.05) is 11.3 Å². The minimum absolute atomic E-state index is 0.192. The number of ether oxygens (including phenoxy) is 3. The van der Waals surface area contributed by atoms with Crippen LogP contribution in [-0.4, -0.2) is 29.1 Å². The lowest BCUT2D eigenvalue weighted by Gasteiger charge is -2.17. The summed E-state index contributed by atoms with van der Waals surface area (Å²) in [6, 6.07) is 9.44. The van der Waals surface area contributed by atoms with Crippen LogP contribution in [0.3, 0.4) is 0 Å². The van der Waals surface area contributed by atoms with Crippen LogP contribution in [0.5, 0.6) is 17.2 Å². The lowest BCUT2D eigenvalue weighted by atomic mass is 10.3. The van der Waals surface area contributed by atoms with Gasteiger partial charge in [-0.2, -0.15) is 0 Å². The van der Waals surface area contributed by atoms with Crippen LogP contribution in [0.2, 0.25) is 0 Å². The summed E-state index contributed by atoms with van der Waals surface area (Å²) in [6.45, 7) is 2.98. The maximum Gasteiger partial charge on any atom is 0.269 e. The van der Waals surface area contributed by atoms with Crippen molar-refractivity contribution in [2.45, 2.75) is 13.5 Å². The summed E-state index contributed by atoms with van der Waals surface area (Å²) in [5.74, 6) is 1.27. The fourth-order valence-electron chi connectivity index (χ4n) is 3.07. The molecule has 0 atom stereocenters. The maximum absolute atomic E-state index is 13.0. The number of aryl methyl sites for hydroxylation is 1. The molecule has 2 aromatic carbocycles. The third-order valence-corrected chi connectivity index (χ3v) is 6.56. The fraction of sp³-hybridized carbons (Fsp3) is 0.190. The highest BCUT2D eigenvalue weighted by molar-refractivity contribution is 7.22. The highest BCUT2D eigenvalue weighted by Gasteiger charge is 2.19. The Kier molecular flexibility index (Phi) is 5.16. The smallest absolute Gasteiger partial charge is 0.269 e. The number of rotatable bonds is 5. The van der Waals surface area contributed by atoms with Crippen LogP contribution in [0.4, 0.5) is 9.52 Å². The average Bonchev–Trinajstić information content (AvgIpc) is 3.33. The number of amides is 1. The summed E-state index contributed by atoms with van der Waals surface area (Å²) >= 11 is 2.62. The fourth-order valence-corrected chi connectivity index (χ4v) is 4.82. The first-order chi connectivity index (χ1) is 15.0. The van der Waals surface area contributed by atoms with E-state index in [0.29, 0.717) is 51.2 Å². The molecule has 31 heavy (non-hydrogen) atoms. The van der Waals surface area contributed by atoms with Gasteiger partial charge in [-0.15, -0.1) is 11.3 Å². The number of thiazole rings is 2. The summed E-state index contributed by atoms with van der Waals surface area (Å²) in [6.07, 6.45) is 0. The molecule has 1 N–H and O–H groups in total. The van der Waals surface area contributed by atoms with Crippen LogP contribution in [-0.2, 0) is 6.61 Å². The van der Waals surface area contributed by atoms with Crippen molar-refractivity contribution in [1.82, 2.24) is 9.97 Å². The van der Waals surface area contributed by atoms with E-state index < -0.39 is 0 Å². The Morgan fingerprint density at radius 2 is 1.87 bits per heavy atom. The third kappa shape index (κ3) is 4.17. The first kappa shape index (κ1) is 19.7. The zero-order valence-corrected chi connectivity index (χ0v) is 17.9. The van der Waals surface area contributed by atoms with Crippen molar-refractivity contribution < 1.29 is 23.4 Å². The van der Waals surface area contributed by atoms with Gasteiger partial charge in [0.25, 0.3) is 5.91 Å². The van der Waals surface area contributed by atoms with Gasteiger partial charge in [0.05, 0.1) is 15.9 Å². The quantitative estimate of drug-likeness (QED) is 0.463. The standard InChI is InChI=1S/C21H16FN3O4S2/c1-11-19(31-18(23-11)10-29-13-4-2-12(22)3-5-13)20(26)25-21-24-14-8-15-16(9-17(14)30-21)28-7-6-27-15/h2-5,8-9H,6-7,10H2,1H3,(H,24,25,26). The minimum atomic E-state index is -0.327. The number of nitrogens with zero attached hydrogens (tertiary/aromatic N) is 2. The van der Waals surface area contributed by atoms with Crippen molar-refractivity contribution >= 4 is 43.9 Å². The van der Waals surface area contributed by atoms with Gasteiger partial charge in [-0.05, 0) is 31.2 Å². The molecule has 10 heteroatoms. The Hall–Kier alpha value is -3.24. The van der Waals surface area contributed by atoms with Crippen LogP contribution >= 0.6 is 22.7 Å². The molecule has 0 saturated carbocycles. The number of benzene rings is 2. The molecule has 3 heterocycles. The lowest BCUT2D eigenvalue weighted by Crippen LogP contribution is -2.15. The Morgan fingerprint density at radius 3 is 2.65 bits per heavy atom. The van der Waals surface area contributed by atoms with E-state index in [1.165, 1.54) is 34.8 Å². The molecule has 4 aromatic rings. The molecule has 5 rings (SSSR count). The largest absolute Gasteiger partial charge is 0.486 e. The van der Waals surface area contributed by atoms with Crippen LogP contribution < -0.4 is 19.5 Å². The zero-order chi connectivity index (χ0) is 21.4. The number of carbonyl (C=O) groups is 1. The second kappa shape index (κ2) is 8.12. The number of nitrogens with one attached hydrogen (secondary N) is 1. The third-order valence-electron chi connectivity index (χ3n) is 4.50. The summed E-state index contributed by atoms with van der Waals surface area (Å²) in [5, 5.41) is 3.98. The summed E-state index contributed by atoms with van der Waals surface area (Å²) in [7, 11) is 0. The molecule has 0 radical (unpaired) electrons. The molecule has 7 nitrogen and oxygen atoms in total. The lowest BCUT2D eigenvalue weighted by molar-refractivity contribution is 0.103. The average molecular weight is 458 g/mol. The van der Waals surface area contributed by atoms with Crippen molar-refractivity contribution in [3.05, 3.63) is 57.8 Å². The van der Waals surface area contributed by atoms with Gasteiger partial charge in [0.2, 0.25) is 0 Å². The molecular weight excluding hydrogens is 441 g/mol. The maximum atomic E-state index is 13.0. The molecule has 0 bridgehead atoms. The monoisotopic (exact) mass is 457 g/mol. The van der Waals surface area contributed by atoms with Gasteiger partial charge in [-0.3, -0.25) is 10.1 Å². The number of hydrogen-bond donors (Lipinski definition) is 1. The summed E-state index contributed by atoms with van der Waals surface area (Å²) in [4.78, 5) is 22.2. The first-order valence-corrected chi connectivity index (χ1v) is 11.0. The molecule has 0 spiro atoms. The van der Waals surface area contributed by atoms with E-state index in [2.05, 4.69) is 15.3 Å². The van der Waals surface area contributed by atoms with Gasteiger partial charge in [-0.25, -0.2) is 14.4 Å². The van der Waals surface area contributed by atoms with Crippen molar-refractivity contribution in [1.29, 1.82) is 0 Å². The van der Waals surface area contributed by atoms with Gasteiger partial charge in [0.1, 0.15) is 41.3 Å². The molecule has 1 aliphatic rings. The second-order valence-electron chi connectivity index (χ2n) is 6.70. The van der Waals surface area contributed by atoms with E-state index in [9.17, 15) is 9.18 Å². The Balaban J connectivity index is 1.29. The zero-order valence-electron chi connectivity index (χ0n) is 16.3. The number of aromatic nitrogens is 2. The summed E-state index contributed by atoms with van der Waals surface area (Å²) in [5.41, 5.74) is 1.34. The molecule has 158 valence electrons. The van der Waals surface area contributed by atoms with E-state index in [-0.39, 0.29) is 18.3 Å². The second-order valence-corrected chi connectivity index (χ2v) is 8.82. The molecule has 0 saturated heterocycles. The highest BCUT2D eigenvalue weighted by atomic mass is 32.1. The number of halogens is 1. The molecule has 0 unspecified atom stereocenters. The number of carbonyl (C=O) groups excluding carboxylic acids is 1. The number of hydrogen-bond acceptors (Lipinski definition) is 8. The van der Waals surface area contributed by atoms with Crippen LogP contribution in [0.25, 0.3) is 10.2 Å². The van der Waals surface area contributed by atoms with Crippen LogP contribution in [0.15, 0.2) is 36.4 Å². The molecule has 1 aliphatic heterocycles. The highest BCUT2D eigenvalue weighted by Crippen LogP contribution is 2.38. The first-order valence-electron chi connectivity index (χ1n) is 9.41. The van der Waals surface area contributed by atoms with E-state index in [4.69, 9.17) is 14.2 Å². The summed E-state index contributed by atoms with van der Waals surface area (Å²) < 4.78 is 30.7. The molecule has 0 fully saturated rings. The minimum Gasteiger partial charge on any atom is -0.486 e. The van der Waals surface area contributed by atoms with Gasteiger partial charge in [0, 0.05) is 12.1 Å². The van der Waals surface area contributed by atoms with Crippen molar-refractivity contribution in [2.75, 3.05) is 18.5 Å². The molecule has 1 amide bonds. The number of anilines is 1. The van der Waals surface area contributed by atoms with Crippen molar-refractivity contribution in [3.8, 4) is 17.2 Å². The van der Waals surface area contributed by atoms with Gasteiger partial charge in [0.15, 0.2) is 16.6 Å². The predicted octanol–water partition coefficient (Wildman–Crippen LogP) is 4.80. The Morgan fingerprint density at radius 1 is 1.13 bits per heavy atom. The van der Waals surface area contributed by atoms with E-state index in [1.54, 1.807) is 19.1 Å². The molecule has 2 aromatic heterocycles. The SMILES string of the molecule is Cc1nc(COc2ccc(F)cc2)sc1C(=O)Nc1nc2cc3c(cc2s1)OCCO3. The van der Waals surface area contributed by atoms with Gasteiger partial charge < -0.3 is 14.2 Å². The number of fused-ring (bicyclic) bond motifs is 2. The van der Waals surface area contributed by atoms with Gasteiger partial charge >= 0.3 is 0 Å². The Bertz CT molecular complexity index is 1230. The van der Waals surface area contributed by atoms with Crippen LogP contribution in [0, 0.1) is 12.7 Å². The van der Waals surface area contributed by atoms with E-state index in [0.717, 1.165) is 10.2 Å². The van der Waals surface area contributed by atoms with Crippen LogP contribution in [0.1, 0.15) is 20.4 Å². The topological polar surface area (TPSA) is 82.6 Å². The van der Waals surface area contributed by atoms with E-state index in [1.807, 2.05) is 12.1 Å².